The minimum atomic E-state index is -0.799. The van der Waals surface area contributed by atoms with Gasteiger partial charge in [0.1, 0.15) is 5.75 Å². The van der Waals surface area contributed by atoms with Crippen LogP contribution in [0.15, 0.2) is 18.2 Å². The van der Waals surface area contributed by atoms with Crippen LogP contribution in [0.2, 0.25) is 0 Å². The molecule has 0 radical (unpaired) electrons. The lowest BCUT2D eigenvalue weighted by Crippen LogP contribution is -2.15. The van der Waals surface area contributed by atoms with Crippen LogP contribution in [0.3, 0.4) is 0 Å². The van der Waals surface area contributed by atoms with Gasteiger partial charge in [0.25, 0.3) is 0 Å². The van der Waals surface area contributed by atoms with Gasteiger partial charge in [-0.2, -0.15) is 0 Å². The van der Waals surface area contributed by atoms with Crippen molar-refractivity contribution in [2.24, 2.45) is 5.73 Å². The quantitative estimate of drug-likeness (QED) is 0.694. The van der Waals surface area contributed by atoms with E-state index in [0.717, 1.165) is 5.56 Å². The summed E-state index contributed by atoms with van der Waals surface area (Å²) in [5.41, 5.74) is 6.94. The van der Waals surface area contributed by atoms with Gasteiger partial charge in [-0.1, -0.05) is 26.8 Å². The molecule has 0 heterocycles. The van der Waals surface area contributed by atoms with E-state index in [1.54, 1.807) is 6.07 Å². The molecule has 0 aliphatic heterocycles. The van der Waals surface area contributed by atoms with Crippen LogP contribution in [0.5, 0.6) is 5.75 Å². The Bertz CT molecular complexity index is 342. The largest absolute Gasteiger partial charge is 0.508 e. The zero-order chi connectivity index (χ0) is 11.6. The van der Waals surface area contributed by atoms with E-state index in [9.17, 15) is 10.2 Å². The number of aliphatic hydroxyl groups excluding tert-OH is 1. The number of aromatic hydroxyl groups is 1. The van der Waals surface area contributed by atoms with E-state index in [1.807, 2.05) is 12.1 Å². The molecule has 0 amide bonds. The molecule has 84 valence electrons. The second kappa shape index (κ2) is 4.21. The van der Waals surface area contributed by atoms with Crippen molar-refractivity contribution in [2.75, 3.05) is 6.54 Å². The number of hydrogen-bond donors (Lipinski definition) is 3. The normalized spacial score (nSPS) is 13.9. The van der Waals surface area contributed by atoms with Crippen molar-refractivity contribution in [2.45, 2.75) is 32.3 Å². The molecule has 0 aliphatic carbocycles. The Labute approximate surface area is 90.5 Å². The van der Waals surface area contributed by atoms with Crippen LogP contribution >= 0.6 is 0 Å². The highest BCUT2D eigenvalue weighted by Crippen LogP contribution is 2.30. The third kappa shape index (κ3) is 2.70. The Balaban J connectivity index is 3.17. The van der Waals surface area contributed by atoms with Crippen LogP contribution in [-0.4, -0.2) is 16.8 Å². The summed E-state index contributed by atoms with van der Waals surface area (Å²) in [6.45, 7) is 6.36. The second-order valence-corrected chi connectivity index (χ2v) is 4.78. The molecule has 1 unspecified atom stereocenters. The van der Waals surface area contributed by atoms with E-state index in [2.05, 4.69) is 20.8 Å². The van der Waals surface area contributed by atoms with Crippen LogP contribution < -0.4 is 5.73 Å². The van der Waals surface area contributed by atoms with E-state index in [4.69, 9.17) is 5.73 Å². The highest BCUT2D eigenvalue weighted by molar-refractivity contribution is 5.40. The fraction of sp³-hybridized carbons (Fsp3) is 0.500. The molecule has 1 aromatic carbocycles. The first-order valence-electron chi connectivity index (χ1n) is 5.08. The Morgan fingerprint density at radius 3 is 2.40 bits per heavy atom. The van der Waals surface area contributed by atoms with E-state index in [-0.39, 0.29) is 17.7 Å². The predicted molar refractivity (Wildman–Crippen MR) is 60.8 cm³/mol. The summed E-state index contributed by atoms with van der Waals surface area (Å²) < 4.78 is 0. The molecular weight excluding hydrogens is 190 g/mol. The van der Waals surface area contributed by atoms with Gasteiger partial charge in [-0.3, -0.25) is 0 Å². The first-order valence-corrected chi connectivity index (χ1v) is 5.08. The first kappa shape index (κ1) is 12.0. The third-order valence-electron chi connectivity index (χ3n) is 2.48. The van der Waals surface area contributed by atoms with Crippen LogP contribution in [0.25, 0.3) is 0 Å². The van der Waals surface area contributed by atoms with Gasteiger partial charge in [-0.25, -0.2) is 0 Å². The maximum atomic E-state index is 9.62. The number of phenolic OH excluding ortho intramolecular Hbond substituents is 1. The summed E-state index contributed by atoms with van der Waals surface area (Å²) in [6, 6.07) is 5.28. The van der Waals surface area contributed by atoms with Crippen molar-refractivity contribution in [3.8, 4) is 5.75 Å². The van der Waals surface area contributed by atoms with Gasteiger partial charge in [0.15, 0.2) is 0 Å². The predicted octanol–water partition coefficient (Wildman–Crippen LogP) is 1.68. The molecule has 1 rings (SSSR count). The van der Waals surface area contributed by atoms with E-state index < -0.39 is 6.10 Å². The zero-order valence-corrected chi connectivity index (χ0v) is 9.49. The molecule has 15 heavy (non-hydrogen) atoms. The van der Waals surface area contributed by atoms with E-state index >= 15 is 0 Å². The van der Waals surface area contributed by atoms with Gasteiger partial charge in [0.05, 0.1) is 6.10 Å². The summed E-state index contributed by atoms with van der Waals surface area (Å²) in [5.74, 6) is 0.0981. The second-order valence-electron chi connectivity index (χ2n) is 4.78. The van der Waals surface area contributed by atoms with Crippen molar-refractivity contribution >= 4 is 0 Å². The van der Waals surface area contributed by atoms with Gasteiger partial charge in [-0.05, 0) is 23.1 Å². The number of rotatable bonds is 2. The lowest BCUT2D eigenvalue weighted by Gasteiger charge is -2.21. The molecule has 4 N–H and O–H groups in total. The van der Waals surface area contributed by atoms with Crippen molar-refractivity contribution in [1.29, 1.82) is 0 Å². The fourth-order valence-electron chi connectivity index (χ4n) is 1.41. The average Bonchev–Trinajstić information content (AvgIpc) is 2.15. The molecule has 1 atom stereocenters. The maximum Gasteiger partial charge on any atom is 0.121 e. The Hall–Kier alpha value is -1.06. The minimum Gasteiger partial charge on any atom is -0.508 e. The van der Waals surface area contributed by atoms with Crippen LogP contribution in [0.1, 0.15) is 38.0 Å². The molecule has 0 spiro atoms. The Morgan fingerprint density at radius 2 is 1.93 bits per heavy atom. The summed E-state index contributed by atoms with van der Waals surface area (Å²) in [4.78, 5) is 0. The molecule has 0 fully saturated rings. The van der Waals surface area contributed by atoms with Crippen molar-refractivity contribution in [3.63, 3.8) is 0 Å². The molecule has 3 nitrogen and oxygen atoms in total. The summed E-state index contributed by atoms with van der Waals surface area (Å²) in [6.07, 6.45) is -0.799. The van der Waals surface area contributed by atoms with Crippen molar-refractivity contribution in [1.82, 2.24) is 0 Å². The lowest BCUT2D eigenvalue weighted by molar-refractivity contribution is 0.182. The third-order valence-corrected chi connectivity index (χ3v) is 2.48. The van der Waals surface area contributed by atoms with Gasteiger partial charge >= 0.3 is 0 Å². The minimum absolute atomic E-state index is 0.00321. The Morgan fingerprint density at radius 1 is 1.33 bits per heavy atom. The number of hydrogen-bond acceptors (Lipinski definition) is 3. The molecule has 0 bridgehead atoms. The molecule has 0 aromatic heterocycles. The topological polar surface area (TPSA) is 66.5 Å². The van der Waals surface area contributed by atoms with Crippen LogP contribution in [-0.2, 0) is 5.41 Å². The van der Waals surface area contributed by atoms with E-state index in [0.29, 0.717) is 5.56 Å². The standard InChI is InChI=1S/C12H19NO2/c1-12(2,3)8-4-5-10(14)9(6-8)11(15)7-13/h4-6,11,14-15H,7,13H2,1-3H3. The Kier molecular flexibility index (Phi) is 3.37. The van der Waals surface area contributed by atoms with Gasteiger partial charge in [0, 0.05) is 12.1 Å². The molecule has 0 saturated heterocycles. The van der Waals surface area contributed by atoms with E-state index in [1.165, 1.54) is 0 Å². The molecule has 0 saturated carbocycles. The fourth-order valence-corrected chi connectivity index (χ4v) is 1.41. The number of aliphatic hydroxyl groups is 1. The van der Waals surface area contributed by atoms with Crippen LogP contribution in [0, 0.1) is 0 Å². The summed E-state index contributed by atoms with van der Waals surface area (Å²) in [5, 5.41) is 19.2. The highest BCUT2D eigenvalue weighted by Gasteiger charge is 2.17. The first-order chi connectivity index (χ1) is 6.86. The van der Waals surface area contributed by atoms with Crippen molar-refractivity contribution in [3.05, 3.63) is 29.3 Å². The number of nitrogens with two attached hydrogens (primary N) is 1. The van der Waals surface area contributed by atoms with Gasteiger partial charge < -0.3 is 15.9 Å². The highest BCUT2D eigenvalue weighted by atomic mass is 16.3. The van der Waals surface area contributed by atoms with Gasteiger partial charge in [0.2, 0.25) is 0 Å². The average molecular weight is 209 g/mol. The molecular formula is C12H19NO2. The monoisotopic (exact) mass is 209 g/mol. The number of phenols is 1. The van der Waals surface area contributed by atoms with Crippen molar-refractivity contribution < 1.29 is 10.2 Å². The summed E-state index contributed by atoms with van der Waals surface area (Å²) in [7, 11) is 0. The SMILES string of the molecule is CC(C)(C)c1ccc(O)c(C(O)CN)c1. The maximum absolute atomic E-state index is 9.62. The van der Waals surface area contributed by atoms with Crippen LogP contribution in [0.4, 0.5) is 0 Å². The molecule has 0 aliphatic rings. The molecule has 1 aromatic rings. The zero-order valence-electron chi connectivity index (χ0n) is 9.49. The summed E-state index contributed by atoms with van der Waals surface area (Å²) >= 11 is 0. The smallest absolute Gasteiger partial charge is 0.121 e. The number of benzene rings is 1. The van der Waals surface area contributed by atoms with Gasteiger partial charge in [-0.15, -0.1) is 0 Å². The lowest BCUT2D eigenvalue weighted by atomic mass is 9.85. The molecule has 3 heteroatoms.